The average molecular weight is 267 g/mol. The molecule has 0 saturated carbocycles. The average Bonchev–Trinajstić information content (AvgIpc) is 2.42. The summed E-state index contributed by atoms with van der Waals surface area (Å²) in [5, 5.41) is 20.5. The predicted molar refractivity (Wildman–Crippen MR) is 67.5 cm³/mol. The Kier molecular flexibility index (Phi) is 5.81. The molecule has 1 aromatic rings. The van der Waals surface area contributed by atoms with E-state index in [1.807, 2.05) is 6.07 Å². The Labute approximate surface area is 111 Å². The molecule has 0 aliphatic rings. The third-order valence-corrected chi connectivity index (χ3v) is 2.56. The second kappa shape index (κ2) is 7.38. The molecule has 0 bridgehead atoms. The Morgan fingerprint density at radius 1 is 1.32 bits per heavy atom. The highest BCUT2D eigenvalue weighted by Crippen LogP contribution is 2.03. The Balaban J connectivity index is 2.47. The van der Waals surface area contributed by atoms with Gasteiger partial charge in [0.05, 0.1) is 6.10 Å². The number of aliphatic carboxylic acids is 1. The number of carboxylic acid groups (broad SMARTS) is 1. The van der Waals surface area contributed by atoms with Crippen LogP contribution in [0.25, 0.3) is 0 Å². The zero-order chi connectivity index (χ0) is 14.3. The summed E-state index contributed by atoms with van der Waals surface area (Å²) in [4.78, 5) is 22.3. The molecular formula is C13H17NO5. The number of ether oxygens (including phenoxy) is 1. The Hall–Kier alpha value is -2.08. The van der Waals surface area contributed by atoms with Crippen LogP contribution in [-0.4, -0.2) is 34.4 Å². The van der Waals surface area contributed by atoms with Crippen molar-refractivity contribution in [2.24, 2.45) is 0 Å². The summed E-state index contributed by atoms with van der Waals surface area (Å²) in [6.07, 6.45) is -1.80. The first kappa shape index (κ1) is 15.0. The van der Waals surface area contributed by atoms with Crippen molar-refractivity contribution in [2.45, 2.75) is 32.1 Å². The summed E-state index contributed by atoms with van der Waals surface area (Å²) in [6, 6.07) is 7.63. The molecule has 0 saturated heterocycles. The van der Waals surface area contributed by atoms with Crippen LogP contribution in [0.1, 0.15) is 18.9 Å². The van der Waals surface area contributed by atoms with Crippen LogP contribution in [0, 0.1) is 0 Å². The number of aliphatic hydroxyl groups is 1. The van der Waals surface area contributed by atoms with E-state index in [-0.39, 0.29) is 13.0 Å². The lowest BCUT2D eigenvalue weighted by Crippen LogP contribution is -2.48. The van der Waals surface area contributed by atoms with Gasteiger partial charge in [-0.2, -0.15) is 0 Å². The van der Waals surface area contributed by atoms with E-state index < -0.39 is 24.2 Å². The van der Waals surface area contributed by atoms with E-state index in [9.17, 15) is 14.7 Å². The minimum Gasteiger partial charge on any atom is -0.480 e. The maximum absolute atomic E-state index is 11.4. The number of hydrogen-bond donors (Lipinski definition) is 3. The van der Waals surface area contributed by atoms with Crippen LogP contribution < -0.4 is 5.32 Å². The molecule has 0 aliphatic carbocycles. The van der Waals surface area contributed by atoms with E-state index in [0.29, 0.717) is 0 Å². The van der Waals surface area contributed by atoms with Gasteiger partial charge in [0.15, 0.2) is 6.04 Å². The molecule has 19 heavy (non-hydrogen) atoms. The van der Waals surface area contributed by atoms with Crippen molar-refractivity contribution in [3.8, 4) is 0 Å². The summed E-state index contributed by atoms with van der Waals surface area (Å²) in [6.45, 7) is 1.67. The number of amides is 1. The van der Waals surface area contributed by atoms with E-state index >= 15 is 0 Å². The first-order chi connectivity index (χ1) is 9.04. The Bertz CT molecular complexity index is 420. The molecule has 0 aromatic heterocycles. The molecule has 6 nitrogen and oxygen atoms in total. The quantitative estimate of drug-likeness (QED) is 0.718. The molecule has 2 atom stereocenters. The standard InChI is InChI=1S/C13H17NO5/c1-2-10(15)11(12(16)17)14-13(18)19-8-9-6-4-3-5-7-9/h3-7,10-11,15H,2,8H2,1H3,(H,14,18)(H,16,17)/t10-,11+/m1/s1. The Morgan fingerprint density at radius 2 is 1.95 bits per heavy atom. The molecule has 3 N–H and O–H groups in total. The van der Waals surface area contributed by atoms with Gasteiger partial charge >= 0.3 is 12.1 Å². The number of hydrogen-bond acceptors (Lipinski definition) is 4. The highest BCUT2D eigenvalue weighted by molar-refractivity contribution is 5.80. The van der Waals surface area contributed by atoms with Gasteiger partial charge in [-0.3, -0.25) is 0 Å². The monoisotopic (exact) mass is 267 g/mol. The van der Waals surface area contributed by atoms with Gasteiger partial charge in [-0.15, -0.1) is 0 Å². The lowest BCUT2D eigenvalue weighted by molar-refractivity contribution is -0.142. The number of carboxylic acids is 1. The molecule has 0 fully saturated rings. The van der Waals surface area contributed by atoms with Crippen molar-refractivity contribution in [1.29, 1.82) is 0 Å². The van der Waals surface area contributed by atoms with Gasteiger partial charge in [-0.1, -0.05) is 37.3 Å². The molecule has 0 heterocycles. The molecular weight excluding hydrogens is 250 g/mol. The number of carbonyl (C=O) groups is 2. The lowest BCUT2D eigenvalue weighted by Gasteiger charge is -2.18. The van der Waals surface area contributed by atoms with Crippen molar-refractivity contribution < 1.29 is 24.5 Å². The van der Waals surface area contributed by atoms with Gasteiger partial charge in [0.2, 0.25) is 0 Å². The second-order valence-corrected chi connectivity index (χ2v) is 4.00. The molecule has 1 rings (SSSR count). The fourth-order valence-corrected chi connectivity index (χ4v) is 1.45. The SMILES string of the molecule is CC[C@@H](O)[C@H](NC(=O)OCc1ccccc1)C(=O)O. The molecule has 0 radical (unpaired) electrons. The molecule has 1 amide bonds. The number of nitrogens with one attached hydrogen (secondary N) is 1. The van der Waals surface area contributed by atoms with Gasteiger partial charge in [-0.25, -0.2) is 9.59 Å². The van der Waals surface area contributed by atoms with Crippen LogP contribution in [0.15, 0.2) is 30.3 Å². The maximum Gasteiger partial charge on any atom is 0.408 e. The summed E-state index contributed by atoms with van der Waals surface area (Å²) < 4.78 is 4.88. The van der Waals surface area contributed by atoms with Crippen molar-refractivity contribution in [3.05, 3.63) is 35.9 Å². The smallest absolute Gasteiger partial charge is 0.408 e. The van der Waals surface area contributed by atoms with Crippen LogP contribution >= 0.6 is 0 Å². The third-order valence-electron chi connectivity index (χ3n) is 2.56. The highest BCUT2D eigenvalue weighted by Gasteiger charge is 2.27. The van der Waals surface area contributed by atoms with Crippen molar-refractivity contribution in [2.75, 3.05) is 0 Å². The fraction of sp³-hybridized carbons (Fsp3) is 0.385. The minimum atomic E-state index is -1.37. The van der Waals surface area contributed by atoms with Crippen LogP contribution in [-0.2, 0) is 16.1 Å². The summed E-state index contributed by atoms with van der Waals surface area (Å²) in [7, 11) is 0. The first-order valence-electron chi connectivity index (χ1n) is 5.92. The van der Waals surface area contributed by atoms with E-state index in [1.54, 1.807) is 31.2 Å². The number of alkyl carbamates (subject to hydrolysis) is 1. The van der Waals surface area contributed by atoms with Crippen LogP contribution in [0.4, 0.5) is 4.79 Å². The highest BCUT2D eigenvalue weighted by atomic mass is 16.5. The number of benzene rings is 1. The number of rotatable bonds is 6. The van der Waals surface area contributed by atoms with Gasteiger partial charge in [0, 0.05) is 0 Å². The van der Waals surface area contributed by atoms with Crippen molar-refractivity contribution >= 4 is 12.1 Å². The van der Waals surface area contributed by atoms with E-state index in [2.05, 4.69) is 5.32 Å². The van der Waals surface area contributed by atoms with Crippen molar-refractivity contribution in [3.63, 3.8) is 0 Å². The zero-order valence-electron chi connectivity index (χ0n) is 10.6. The molecule has 0 aliphatic heterocycles. The summed E-state index contributed by atoms with van der Waals surface area (Å²) >= 11 is 0. The maximum atomic E-state index is 11.4. The van der Waals surface area contributed by atoms with Crippen LogP contribution in [0.2, 0.25) is 0 Å². The van der Waals surface area contributed by atoms with Crippen molar-refractivity contribution in [1.82, 2.24) is 5.32 Å². The number of aliphatic hydroxyl groups excluding tert-OH is 1. The lowest BCUT2D eigenvalue weighted by atomic mass is 10.1. The zero-order valence-corrected chi connectivity index (χ0v) is 10.6. The van der Waals surface area contributed by atoms with Crippen LogP contribution in [0.5, 0.6) is 0 Å². The van der Waals surface area contributed by atoms with Gasteiger partial charge in [0.1, 0.15) is 6.61 Å². The normalized spacial score (nSPS) is 13.4. The van der Waals surface area contributed by atoms with E-state index in [4.69, 9.17) is 9.84 Å². The molecule has 0 unspecified atom stereocenters. The minimum absolute atomic E-state index is 0.0429. The second-order valence-electron chi connectivity index (χ2n) is 4.00. The Morgan fingerprint density at radius 3 is 2.47 bits per heavy atom. The molecule has 6 heteroatoms. The summed E-state index contributed by atoms with van der Waals surface area (Å²) in [5.41, 5.74) is 0.792. The van der Waals surface area contributed by atoms with Crippen LogP contribution in [0.3, 0.4) is 0 Å². The first-order valence-corrected chi connectivity index (χ1v) is 5.92. The van der Waals surface area contributed by atoms with Gasteiger partial charge in [-0.05, 0) is 12.0 Å². The van der Waals surface area contributed by atoms with E-state index in [1.165, 1.54) is 0 Å². The molecule has 0 spiro atoms. The van der Waals surface area contributed by atoms with Gasteiger partial charge in [0.25, 0.3) is 0 Å². The number of carbonyl (C=O) groups excluding carboxylic acids is 1. The third kappa shape index (κ3) is 4.97. The predicted octanol–water partition coefficient (Wildman–Crippen LogP) is 1.14. The summed E-state index contributed by atoms with van der Waals surface area (Å²) in [5.74, 6) is -1.30. The van der Waals surface area contributed by atoms with Gasteiger partial charge < -0.3 is 20.3 Å². The molecule has 104 valence electrons. The van der Waals surface area contributed by atoms with E-state index in [0.717, 1.165) is 5.56 Å². The molecule has 1 aromatic carbocycles. The topological polar surface area (TPSA) is 95.9 Å². The fourth-order valence-electron chi connectivity index (χ4n) is 1.45. The largest absolute Gasteiger partial charge is 0.480 e.